The van der Waals surface area contributed by atoms with E-state index in [1.165, 1.54) is 0 Å². The minimum Gasteiger partial charge on any atom is -0.323 e. The van der Waals surface area contributed by atoms with Crippen LogP contribution in [0.4, 0.5) is 5.69 Å². The Bertz CT molecular complexity index is 566. The maximum Gasteiger partial charge on any atom is 0.244 e. The number of halogens is 1. The van der Waals surface area contributed by atoms with E-state index >= 15 is 0 Å². The van der Waals surface area contributed by atoms with Gasteiger partial charge in [0, 0.05) is 12.4 Å². The minimum atomic E-state index is -0.863. The zero-order valence-electron chi connectivity index (χ0n) is 12.1. The lowest BCUT2D eigenvalue weighted by molar-refractivity contribution is -0.120. The quantitative estimate of drug-likeness (QED) is 0.886. The third kappa shape index (κ3) is 4.27. The molecule has 0 saturated heterocycles. The van der Waals surface area contributed by atoms with Crippen LogP contribution >= 0.6 is 12.4 Å². The Kier molecular flexibility index (Phi) is 5.87. The van der Waals surface area contributed by atoms with E-state index in [1.807, 2.05) is 13.0 Å². The van der Waals surface area contributed by atoms with E-state index < -0.39 is 5.54 Å². The second-order valence-corrected chi connectivity index (χ2v) is 5.00. The van der Waals surface area contributed by atoms with Crippen LogP contribution in [0.15, 0.2) is 37.1 Å². The van der Waals surface area contributed by atoms with Crippen LogP contribution in [0.1, 0.15) is 26.7 Å². The van der Waals surface area contributed by atoms with Crippen molar-refractivity contribution in [3.63, 3.8) is 0 Å². The van der Waals surface area contributed by atoms with Crippen molar-refractivity contribution in [2.75, 3.05) is 5.32 Å². The van der Waals surface area contributed by atoms with Gasteiger partial charge in [0.05, 0.1) is 17.4 Å². The summed E-state index contributed by atoms with van der Waals surface area (Å²) in [6.07, 6.45) is 8.26. The number of nitrogens with one attached hydrogen (secondary N) is 1. The average molecular weight is 310 g/mol. The maximum absolute atomic E-state index is 12.1. The second-order valence-electron chi connectivity index (χ2n) is 5.00. The fourth-order valence-electron chi connectivity index (χ4n) is 1.91. The van der Waals surface area contributed by atoms with Gasteiger partial charge in [0.15, 0.2) is 0 Å². The lowest BCUT2D eigenvalue weighted by Crippen LogP contribution is -2.48. The van der Waals surface area contributed by atoms with E-state index in [1.54, 1.807) is 42.5 Å². The fourth-order valence-corrected chi connectivity index (χ4v) is 1.91. The molecule has 0 spiro atoms. The molecule has 0 aliphatic rings. The van der Waals surface area contributed by atoms with Crippen molar-refractivity contribution >= 4 is 24.0 Å². The number of anilines is 1. The number of rotatable bonds is 5. The third-order valence-corrected chi connectivity index (χ3v) is 3.06. The third-order valence-electron chi connectivity index (χ3n) is 3.06. The normalized spacial score (nSPS) is 13.1. The van der Waals surface area contributed by atoms with Crippen molar-refractivity contribution in [3.8, 4) is 5.82 Å². The molecule has 1 amide bonds. The summed E-state index contributed by atoms with van der Waals surface area (Å²) in [5.74, 6) is 0.543. The van der Waals surface area contributed by atoms with Gasteiger partial charge in [-0.05, 0) is 25.5 Å². The summed E-state index contributed by atoms with van der Waals surface area (Å²) in [5, 5.41) is 2.79. The zero-order chi connectivity index (χ0) is 14.6. The molecule has 7 heteroatoms. The molecule has 114 valence electrons. The van der Waals surface area contributed by atoms with Gasteiger partial charge in [0.2, 0.25) is 5.91 Å². The number of pyridine rings is 1. The molecule has 21 heavy (non-hydrogen) atoms. The highest BCUT2D eigenvalue weighted by Gasteiger charge is 2.27. The number of nitrogens with two attached hydrogens (primary N) is 1. The van der Waals surface area contributed by atoms with E-state index in [-0.39, 0.29) is 18.3 Å². The topological polar surface area (TPSA) is 85.8 Å². The highest BCUT2D eigenvalue weighted by atomic mass is 35.5. The summed E-state index contributed by atoms with van der Waals surface area (Å²) in [4.78, 5) is 20.3. The van der Waals surface area contributed by atoms with Crippen molar-refractivity contribution in [1.82, 2.24) is 14.5 Å². The lowest BCUT2D eigenvalue weighted by atomic mass is 9.96. The Morgan fingerprint density at radius 3 is 2.76 bits per heavy atom. The minimum absolute atomic E-state index is 0. The van der Waals surface area contributed by atoms with Gasteiger partial charge in [-0.15, -0.1) is 12.4 Å². The SMILES string of the molecule is CCCC(C)(N)C(=O)Nc1ccc(-n2ccnc2)nc1.Cl. The summed E-state index contributed by atoms with van der Waals surface area (Å²) in [5.41, 5.74) is 5.75. The van der Waals surface area contributed by atoms with Crippen LogP contribution in [-0.2, 0) is 4.79 Å². The van der Waals surface area contributed by atoms with E-state index in [2.05, 4.69) is 15.3 Å². The number of amides is 1. The molecule has 0 aromatic carbocycles. The molecule has 2 heterocycles. The second kappa shape index (κ2) is 7.19. The molecule has 6 nitrogen and oxygen atoms in total. The number of carbonyl (C=O) groups is 1. The van der Waals surface area contributed by atoms with Gasteiger partial charge in [-0.3, -0.25) is 9.36 Å². The highest BCUT2D eigenvalue weighted by Crippen LogP contribution is 2.14. The first-order valence-corrected chi connectivity index (χ1v) is 6.57. The number of hydrogen-bond acceptors (Lipinski definition) is 4. The van der Waals surface area contributed by atoms with Crippen LogP contribution in [0.5, 0.6) is 0 Å². The standard InChI is InChI=1S/C14H19N5O.ClH/c1-3-6-14(2,15)13(20)18-11-4-5-12(17-9-11)19-8-7-16-10-19;/h4-5,7-10H,3,6,15H2,1-2H3,(H,18,20);1H. The monoisotopic (exact) mass is 309 g/mol. The lowest BCUT2D eigenvalue weighted by Gasteiger charge is -2.22. The number of imidazole rings is 1. The Balaban J connectivity index is 0.00000220. The van der Waals surface area contributed by atoms with Crippen molar-refractivity contribution in [1.29, 1.82) is 0 Å². The Labute approximate surface area is 130 Å². The van der Waals surface area contributed by atoms with Crippen LogP contribution in [0, 0.1) is 0 Å². The molecule has 0 fully saturated rings. The van der Waals surface area contributed by atoms with Crippen molar-refractivity contribution < 1.29 is 4.79 Å². The summed E-state index contributed by atoms with van der Waals surface area (Å²) >= 11 is 0. The molecular formula is C14H20ClN5O. The fraction of sp³-hybridized carbons (Fsp3) is 0.357. The van der Waals surface area contributed by atoms with Crippen molar-refractivity contribution in [2.45, 2.75) is 32.2 Å². The summed E-state index contributed by atoms with van der Waals surface area (Å²) in [6.45, 7) is 3.74. The average Bonchev–Trinajstić information content (AvgIpc) is 2.93. The predicted molar refractivity (Wildman–Crippen MR) is 84.7 cm³/mol. The Hall–Kier alpha value is -1.92. The van der Waals surface area contributed by atoms with E-state index in [0.717, 1.165) is 12.2 Å². The number of aromatic nitrogens is 3. The molecule has 0 radical (unpaired) electrons. The first-order chi connectivity index (χ1) is 9.53. The number of hydrogen-bond donors (Lipinski definition) is 2. The molecule has 1 unspecified atom stereocenters. The number of nitrogens with zero attached hydrogens (tertiary/aromatic N) is 3. The molecule has 0 saturated carbocycles. The Morgan fingerprint density at radius 1 is 1.48 bits per heavy atom. The number of carbonyl (C=O) groups excluding carboxylic acids is 1. The molecule has 2 aromatic rings. The van der Waals surface area contributed by atoms with Crippen molar-refractivity contribution in [3.05, 3.63) is 37.1 Å². The first-order valence-electron chi connectivity index (χ1n) is 6.57. The molecule has 3 N–H and O–H groups in total. The van der Waals surface area contributed by atoms with Gasteiger partial charge in [0.25, 0.3) is 0 Å². The van der Waals surface area contributed by atoms with Crippen molar-refractivity contribution in [2.24, 2.45) is 5.73 Å². The predicted octanol–water partition coefficient (Wildman–Crippen LogP) is 2.15. The molecule has 2 aromatic heterocycles. The van der Waals surface area contributed by atoms with Gasteiger partial charge in [0.1, 0.15) is 12.1 Å². The van der Waals surface area contributed by atoms with Gasteiger partial charge < -0.3 is 11.1 Å². The molecule has 1 atom stereocenters. The van der Waals surface area contributed by atoms with Crippen LogP contribution < -0.4 is 11.1 Å². The highest BCUT2D eigenvalue weighted by molar-refractivity contribution is 5.97. The summed E-state index contributed by atoms with van der Waals surface area (Å²) in [7, 11) is 0. The first kappa shape index (κ1) is 17.1. The van der Waals surface area contributed by atoms with E-state index in [0.29, 0.717) is 12.1 Å². The molecular weight excluding hydrogens is 290 g/mol. The largest absolute Gasteiger partial charge is 0.323 e. The molecule has 2 rings (SSSR count). The molecule has 0 bridgehead atoms. The smallest absolute Gasteiger partial charge is 0.244 e. The zero-order valence-corrected chi connectivity index (χ0v) is 12.9. The van der Waals surface area contributed by atoms with Crippen LogP contribution in [0.2, 0.25) is 0 Å². The molecule has 0 aliphatic carbocycles. The van der Waals surface area contributed by atoms with Gasteiger partial charge in [-0.25, -0.2) is 9.97 Å². The summed E-state index contributed by atoms with van der Waals surface area (Å²) in [6, 6.07) is 3.60. The van der Waals surface area contributed by atoms with Gasteiger partial charge in [-0.1, -0.05) is 13.3 Å². The Morgan fingerprint density at radius 2 is 2.24 bits per heavy atom. The van der Waals surface area contributed by atoms with Gasteiger partial charge in [-0.2, -0.15) is 0 Å². The van der Waals surface area contributed by atoms with Crippen LogP contribution in [-0.4, -0.2) is 26.0 Å². The summed E-state index contributed by atoms with van der Waals surface area (Å²) < 4.78 is 1.79. The van der Waals surface area contributed by atoms with E-state index in [4.69, 9.17) is 5.73 Å². The van der Waals surface area contributed by atoms with Crippen LogP contribution in [0.25, 0.3) is 5.82 Å². The van der Waals surface area contributed by atoms with Crippen LogP contribution in [0.3, 0.4) is 0 Å². The van der Waals surface area contributed by atoms with Gasteiger partial charge >= 0.3 is 0 Å². The molecule has 0 aliphatic heterocycles. The maximum atomic E-state index is 12.1. The van der Waals surface area contributed by atoms with E-state index in [9.17, 15) is 4.79 Å².